The monoisotopic (exact) mass is 249 g/mol. The van der Waals surface area contributed by atoms with Gasteiger partial charge >= 0.3 is 0 Å². The van der Waals surface area contributed by atoms with E-state index in [1.54, 1.807) is 12.3 Å². The van der Waals surface area contributed by atoms with Crippen LogP contribution >= 0.6 is 11.6 Å². The molecule has 2 aromatic rings. The number of piperazine rings is 1. The molecule has 3 heterocycles. The average Bonchev–Trinajstić information content (AvgIpc) is 2.39. The van der Waals surface area contributed by atoms with Crippen molar-refractivity contribution in [1.82, 2.24) is 20.3 Å². The molecule has 88 valence electrons. The van der Waals surface area contributed by atoms with E-state index >= 15 is 0 Å². The number of nitrogens with zero attached hydrogens (tertiary/aromatic N) is 4. The number of nitrogens with one attached hydrogen (secondary N) is 1. The number of anilines is 1. The zero-order valence-electron chi connectivity index (χ0n) is 9.23. The second-order valence-corrected chi connectivity index (χ2v) is 4.33. The quantitative estimate of drug-likeness (QED) is 0.767. The van der Waals surface area contributed by atoms with Gasteiger partial charge in [-0.15, -0.1) is 0 Å². The van der Waals surface area contributed by atoms with Gasteiger partial charge in [-0.3, -0.25) is 0 Å². The number of aromatic nitrogens is 3. The van der Waals surface area contributed by atoms with Crippen molar-refractivity contribution in [3.8, 4) is 0 Å². The molecule has 0 atom stereocenters. The lowest BCUT2D eigenvalue weighted by atomic mass is 10.3. The van der Waals surface area contributed by atoms with Gasteiger partial charge in [-0.1, -0.05) is 11.6 Å². The predicted octanol–water partition coefficient (Wildman–Crippen LogP) is 1.09. The van der Waals surface area contributed by atoms with Crippen molar-refractivity contribution in [3.63, 3.8) is 0 Å². The van der Waals surface area contributed by atoms with Crippen LogP contribution in [0, 0.1) is 0 Å². The molecule has 6 heteroatoms. The molecular formula is C11H12ClN5. The lowest BCUT2D eigenvalue weighted by Gasteiger charge is -2.27. The summed E-state index contributed by atoms with van der Waals surface area (Å²) in [6.45, 7) is 3.82. The Bertz CT molecular complexity index is 538. The lowest BCUT2D eigenvalue weighted by Crippen LogP contribution is -2.44. The van der Waals surface area contributed by atoms with E-state index in [1.807, 2.05) is 6.07 Å². The highest BCUT2D eigenvalue weighted by Crippen LogP contribution is 2.16. The van der Waals surface area contributed by atoms with Crippen LogP contribution in [0.2, 0.25) is 5.15 Å². The fraction of sp³-hybridized carbons (Fsp3) is 0.364. The van der Waals surface area contributed by atoms with Crippen molar-refractivity contribution >= 4 is 28.6 Å². The molecule has 5 nitrogen and oxygen atoms in total. The van der Waals surface area contributed by atoms with Gasteiger partial charge in [0.2, 0.25) is 5.95 Å². The Morgan fingerprint density at radius 2 is 1.94 bits per heavy atom. The molecule has 0 unspecified atom stereocenters. The second-order valence-electron chi connectivity index (χ2n) is 3.95. The van der Waals surface area contributed by atoms with E-state index < -0.39 is 0 Å². The first-order valence-corrected chi connectivity index (χ1v) is 5.96. The smallest absolute Gasteiger partial charge is 0.226 e. The van der Waals surface area contributed by atoms with Crippen molar-refractivity contribution in [3.05, 3.63) is 23.5 Å². The van der Waals surface area contributed by atoms with E-state index in [4.69, 9.17) is 11.6 Å². The number of pyridine rings is 1. The molecule has 17 heavy (non-hydrogen) atoms. The number of halogens is 1. The molecule has 0 aliphatic carbocycles. The topological polar surface area (TPSA) is 53.9 Å². The summed E-state index contributed by atoms with van der Waals surface area (Å²) < 4.78 is 0. The normalized spacial score (nSPS) is 16.4. The van der Waals surface area contributed by atoms with Crippen molar-refractivity contribution < 1.29 is 0 Å². The number of rotatable bonds is 1. The predicted molar refractivity (Wildman–Crippen MR) is 67.4 cm³/mol. The van der Waals surface area contributed by atoms with E-state index in [9.17, 15) is 0 Å². The maximum atomic E-state index is 5.82. The largest absolute Gasteiger partial charge is 0.338 e. The molecule has 0 aromatic carbocycles. The minimum atomic E-state index is 0.469. The van der Waals surface area contributed by atoms with Gasteiger partial charge in [0.1, 0.15) is 10.7 Å². The summed E-state index contributed by atoms with van der Waals surface area (Å²) in [7, 11) is 0. The van der Waals surface area contributed by atoms with Gasteiger partial charge in [0.25, 0.3) is 0 Å². The summed E-state index contributed by atoms with van der Waals surface area (Å²) in [6.07, 6.45) is 1.73. The first-order valence-electron chi connectivity index (χ1n) is 5.58. The van der Waals surface area contributed by atoms with E-state index in [2.05, 4.69) is 25.2 Å². The Morgan fingerprint density at radius 1 is 1.12 bits per heavy atom. The number of fused-ring (bicyclic) bond motifs is 1. The third kappa shape index (κ3) is 2.16. The summed E-state index contributed by atoms with van der Waals surface area (Å²) in [4.78, 5) is 15.2. The standard InChI is InChI=1S/C11H12ClN5/c12-10-2-1-8-9(15-10)7-14-11(16-8)17-5-3-13-4-6-17/h1-2,7,13H,3-6H2. The first kappa shape index (κ1) is 10.7. The van der Waals surface area contributed by atoms with Crippen LogP contribution in [0.15, 0.2) is 18.3 Å². The lowest BCUT2D eigenvalue weighted by molar-refractivity contribution is 0.580. The zero-order chi connectivity index (χ0) is 11.7. The van der Waals surface area contributed by atoms with E-state index in [1.165, 1.54) is 0 Å². The molecule has 3 rings (SSSR count). The van der Waals surface area contributed by atoms with Crippen LogP contribution in [0.4, 0.5) is 5.95 Å². The summed E-state index contributed by atoms with van der Waals surface area (Å²) in [5.74, 6) is 0.767. The molecule has 0 saturated carbocycles. The molecular weight excluding hydrogens is 238 g/mol. The molecule has 0 bridgehead atoms. The summed E-state index contributed by atoms with van der Waals surface area (Å²) in [6, 6.07) is 3.62. The van der Waals surface area contributed by atoms with Gasteiger partial charge in [-0.25, -0.2) is 15.0 Å². The van der Waals surface area contributed by atoms with Crippen LogP contribution in [-0.4, -0.2) is 41.1 Å². The molecule has 1 fully saturated rings. The molecule has 0 radical (unpaired) electrons. The SMILES string of the molecule is Clc1ccc2nc(N3CCNCC3)ncc2n1. The fourth-order valence-corrected chi connectivity index (χ4v) is 2.06. The van der Waals surface area contributed by atoms with E-state index in [-0.39, 0.29) is 0 Å². The Kier molecular flexibility index (Phi) is 2.78. The fourth-order valence-electron chi connectivity index (χ4n) is 1.90. The Balaban J connectivity index is 1.98. The van der Waals surface area contributed by atoms with Crippen LogP contribution in [0.5, 0.6) is 0 Å². The molecule has 1 N–H and O–H groups in total. The van der Waals surface area contributed by atoms with E-state index in [0.717, 1.165) is 43.2 Å². The molecule has 1 aliphatic rings. The minimum Gasteiger partial charge on any atom is -0.338 e. The van der Waals surface area contributed by atoms with Crippen LogP contribution in [0.25, 0.3) is 11.0 Å². The van der Waals surface area contributed by atoms with Gasteiger partial charge in [0.15, 0.2) is 0 Å². The highest BCUT2D eigenvalue weighted by Gasteiger charge is 2.13. The highest BCUT2D eigenvalue weighted by atomic mass is 35.5. The number of hydrogen-bond acceptors (Lipinski definition) is 5. The summed E-state index contributed by atoms with van der Waals surface area (Å²) in [5.41, 5.74) is 1.56. The van der Waals surface area contributed by atoms with Crippen LogP contribution in [-0.2, 0) is 0 Å². The Morgan fingerprint density at radius 3 is 2.76 bits per heavy atom. The van der Waals surface area contributed by atoms with Crippen molar-refractivity contribution in [2.75, 3.05) is 31.1 Å². The van der Waals surface area contributed by atoms with Crippen LogP contribution < -0.4 is 10.2 Å². The Hall–Kier alpha value is -1.46. The van der Waals surface area contributed by atoms with E-state index in [0.29, 0.717) is 5.15 Å². The molecule has 1 saturated heterocycles. The summed E-state index contributed by atoms with van der Waals surface area (Å²) in [5, 5.41) is 3.77. The minimum absolute atomic E-state index is 0.469. The van der Waals surface area contributed by atoms with Gasteiger partial charge in [-0.2, -0.15) is 0 Å². The highest BCUT2D eigenvalue weighted by molar-refractivity contribution is 6.29. The zero-order valence-corrected chi connectivity index (χ0v) is 9.98. The Labute approximate surface area is 104 Å². The number of hydrogen-bond donors (Lipinski definition) is 1. The van der Waals surface area contributed by atoms with Gasteiger partial charge in [0.05, 0.1) is 11.7 Å². The van der Waals surface area contributed by atoms with Crippen LogP contribution in [0.1, 0.15) is 0 Å². The molecule has 2 aromatic heterocycles. The van der Waals surface area contributed by atoms with Gasteiger partial charge in [0, 0.05) is 26.2 Å². The average molecular weight is 250 g/mol. The third-order valence-electron chi connectivity index (χ3n) is 2.79. The third-order valence-corrected chi connectivity index (χ3v) is 3.00. The maximum absolute atomic E-state index is 5.82. The van der Waals surface area contributed by atoms with Crippen LogP contribution in [0.3, 0.4) is 0 Å². The van der Waals surface area contributed by atoms with Gasteiger partial charge in [-0.05, 0) is 12.1 Å². The molecule has 0 amide bonds. The van der Waals surface area contributed by atoms with Crippen molar-refractivity contribution in [1.29, 1.82) is 0 Å². The van der Waals surface area contributed by atoms with Gasteiger partial charge < -0.3 is 10.2 Å². The molecule has 1 aliphatic heterocycles. The van der Waals surface area contributed by atoms with Crippen molar-refractivity contribution in [2.45, 2.75) is 0 Å². The maximum Gasteiger partial charge on any atom is 0.226 e. The van der Waals surface area contributed by atoms with Crippen molar-refractivity contribution in [2.24, 2.45) is 0 Å². The summed E-state index contributed by atoms with van der Waals surface area (Å²) >= 11 is 5.82. The molecule has 0 spiro atoms. The first-order chi connectivity index (χ1) is 8.33. The second kappa shape index (κ2) is 4.43.